The highest BCUT2D eigenvalue weighted by atomic mass is 35.5. The number of carbonyl (C=O) groups excluding carboxylic acids is 1. The molecule has 7 nitrogen and oxygen atoms in total. The number of benzene rings is 3. The van der Waals surface area contributed by atoms with E-state index in [0.29, 0.717) is 45.9 Å². The van der Waals surface area contributed by atoms with Crippen molar-refractivity contribution in [2.24, 2.45) is 0 Å². The van der Waals surface area contributed by atoms with Gasteiger partial charge < -0.3 is 20.1 Å². The molecule has 0 unspecified atom stereocenters. The third-order valence-corrected chi connectivity index (χ3v) is 5.48. The van der Waals surface area contributed by atoms with Crippen molar-refractivity contribution in [1.82, 2.24) is 15.3 Å². The van der Waals surface area contributed by atoms with Crippen LogP contribution in [0.25, 0.3) is 22.9 Å². The first kappa shape index (κ1) is 23.1. The molecule has 0 spiro atoms. The maximum absolute atomic E-state index is 12.5. The molecule has 0 saturated carbocycles. The smallest absolute Gasteiger partial charge is 0.274 e. The van der Waals surface area contributed by atoms with E-state index in [2.05, 4.69) is 15.3 Å². The topological polar surface area (TPSA) is 104 Å². The third kappa shape index (κ3) is 5.44. The van der Waals surface area contributed by atoms with E-state index in [4.69, 9.17) is 16.3 Å². The molecule has 172 valence electrons. The fraction of sp³-hybridized carbons (Fsp3) is 0.115. The molecule has 0 bridgehead atoms. The molecule has 0 aliphatic rings. The monoisotopic (exact) mass is 475 g/mol. The van der Waals surface area contributed by atoms with Crippen molar-refractivity contribution >= 4 is 40.4 Å². The molecule has 0 saturated heterocycles. The van der Waals surface area contributed by atoms with Gasteiger partial charge in [0.2, 0.25) is 0 Å². The van der Waals surface area contributed by atoms with Gasteiger partial charge in [0.1, 0.15) is 17.2 Å². The van der Waals surface area contributed by atoms with Gasteiger partial charge in [-0.15, -0.1) is 0 Å². The zero-order chi connectivity index (χ0) is 24.1. The number of carbonyl (C=O) groups is 1. The zero-order valence-corrected chi connectivity index (χ0v) is 19.1. The highest BCUT2D eigenvalue weighted by Crippen LogP contribution is 2.20. The molecule has 0 aliphatic carbocycles. The van der Waals surface area contributed by atoms with Crippen molar-refractivity contribution in [1.29, 1.82) is 0 Å². The number of ether oxygens (including phenoxy) is 1. The maximum Gasteiger partial charge on any atom is 0.274 e. The Morgan fingerprint density at radius 1 is 1.12 bits per heavy atom. The first-order valence-electron chi connectivity index (χ1n) is 10.5. The van der Waals surface area contributed by atoms with Crippen LogP contribution in [0.5, 0.6) is 5.75 Å². The van der Waals surface area contributed by atoms with Crippen LogP contribution in [0, 0.1) is 0 Å². The van der Waals surface area contributed by atoms with E-state index in [1.165, 1.54) is 13.2 Å². The second-order valence-electron chi connectivity index (χ2n) is 7.58. The number of aliphatic hydroxyl groups is 1. The van der Waals surface area contributed by atoms with E-state index < -0.39 is 5.56 Å². The Labute approximate surface area is 200 Å². The second kappa shape index (κ2) is 10.2. The van der Waals surface area contributed by atoms with Crippen LogP contribution in [0.2, 0.25) is 5.02 Å². The zero-order valence-electron chi connectivity index (χ0n) is 18.3. The normalized spacial score (nSPS) is 11.4. The van der Waals surface area contributed by atoms with Gasteiger partial charge in [-0.1, -0.05) is 35.9 Å². The number of methoxy groups -OCH3 is 1. The highest BCUT2D eigenvalue weighted by molar-refractivity contribution is 6.30. The predicted molar refractivity (Wildman–Crippen MR) is 133 cm³/mol. The molecule has 8 heteroatoms. The lowest BCUT2D eigenvalue weighted by atomic mass is 10.1. The molecule has 3 N–H and O–H groups in total. The minimum Gasteiger partial charge on any atom is -0.507 e. The Balaban J connectivity index is 1.50. The van der Waals surface area contributed by atoms with Crippen LogP contribution in [0.4, 0.5) is 0 Å². The van der Waals surface area contributed by atoms with Crippen LogP contribution >= 0.6 is 11.6 Å². The van der Waals surface area contributed by atoms with Crippen LogP contribution in [-0.2, 0) is 6.42 Å². The van der Waals surface area contributed by atoms with E-state index >= 15 is 0 Å². The number of aromatic nitrogens is 2. The number of aliphatic hydroxyl groups excluding tert-OH is 1. The van der Waals surface area contributed by atoms with Gasteiger partial charge in [-0.2, -0.15) is 0 Å². The van der Waals surface area contributed by atoms with E-state index in [1.807, 2.05) is 24.3 Å². The van der Waals surface area contributed by atoms with Gasteiger partial charge in [0.25, 0.3) is 11.5 Å². The molecule has 1 aromatic heterocycles. The van der Waals surface area contributed by atoms with E-state index in [0.717, 1.165) is 5.56 Å². The Morgan fingerprint density at radius 3 is 2.68 bits per heavy atom. The van der Waals surface area contributed by atoms with Gasteiger partial charge >= 0.3 is 0 Å². The number of hydrogen-bond acceptors (Lipinski definition) is 5. The van der Waals surface area contributed by atoms with Gasteiger partial charge in [0, 0.05) is 28.8 Å². The standard InChI is InChI=1S/C26H22ClN3O4/c1-34-20-4-2-3-17(13-20)24(31)15-23-26(33)30-22-14-18(7-10-21(22)29-23)25(32)28-12-11-16-5-8-19(27)9-6-16/h2-10,13-15,31H,11-12H2,1H3,(H,28,32)(H,30,33)/b24-15-. The Bertz CT molecular complexity index is 1430. The molecule has 0 atom stereocenters. The molecule has 0 radical (unpaired) electrons. The van der Waals surface area contributed by atoms with Crippen molar-refractivity contribution in [3.63, 3.8) is 0 Å². The Hall–Kier alpha value is -4.10. The lowest BCUT2D eigenvalue weighted by molar-refractivity contribution is 0.0954. The van der Waals surface area contributed by atoms with Crippen LogP contribution < -0.4 is 15.6 Å². The number of rotatable bonds is 7. The fourth-order valence-electron chi connectivity index (χ4n) is 3.41. The summed E-state index contributed by atoms with van der Waals surface area (Å²) < 4.78 is 5.16. The van der Waals surface area contributed by atoms with Crippen LogP contribution in [-0.4, -0.2) is 34.6 Å². The number of halogens is 1. The molecule has 4 aromatic rings. The summed E-state index contributed by atoms with van der Waals surface area (Å²) in [5.41, 5.74) is 2.44. The largest absolute Gasteiger partial charge is 0.507 e. The summed E-state index contributed by atoms with van der Waals surface area (Å²) in [5.74, 6) is 0.209. The molecule has 1 heterocycles. The number of nitrogens with one attached hydrogen (secondary N) is 2. The highest BCUT2D eigenvalue weighted by Gasteiger charge is 2.10. The summed E-state index contributed by atoms with van der Waals surface area (Å²) in [6.07, 6.45) is 1.96. The molecular formula is C26H22ClN3O4. The summed E-state index contributed by atoms with van der Waals surface area (Å²) in [5, 5.41) is 14.0. The second-order valence-corrected chi connectivity index (χ2v) is 8.01. The number of aromatic amines is 1. The van der Waals surface area contributed by atoms with Crippen molar-refractivity contribution < 1.29 is 14.6 Å². The van der Waals surface area contributed by atoms with Crippen LogP contribution in [0.1, 0.15) is 27.2 Å². The molecular weight excluding hydrogens is 454 g/mol. The Kier molecular flexibility index (Phi) is 6.94. The minimum absolute atomic E-state index is 0.0491. The fourth-order valence-corrected chi connectivity index (χ4v) is 3.53. The molecule has 3 aromatic carbocycles. The maximum atomic E-state index is 12.5. The van der Waals surface area contributed by atoms with Gasteiger partial charge in [-0.05, 0) is 54.4 Å². The van der Waals surface area contributed by atoms with Crippen molar-refractivity contribution in [2.45, 2.75) is 6.42 Å². The number of H-pyrrole nitrogens is 1. The van der Waals surface area contributed by atoms with Crippen molar-refractivity contribution in [3.8, 4) is 5.75 Å². The molecule has 1 amide bonds. The average Bonchev–Trinajstić information content (AvgIpc) is 2.85. The van der Waals surface area contributed by atoms with Crippen LogP contribution in [0.3, 0.4) is 0 Å². The van der Waals surface area contributed by atoms with Gasteiger partial charge in [0.15, 0.2) is 0 Å². The van der Waals surface area contributed by atoms with Crippen molar-refractivity contribution in [3.05, 3.63) is 104 Å². The minimum atomic E-state index is -0.484. The summed E-state index contributed by atoms with van der Waals surface area (Å²) in [6, 6.07) is 19.2. The SMILES string of the molecule is COc1cccc(/C(O)=C/c2nc3ccc(C(=O)NCCc4ccc(Cl)cc4)cc3[nH]c2=O)c1. The van der Waals surface area contributed by atoms with Crippen molar-refractivity contribution in [2.75, 3.05) is 13.7 Å². The molecule has 0 fully saturated rings. The molecule has 0 aliphatic heterocycles. The quantitative estimate of drug-likeness (QED) is 0.338. The lowest BCUT2D eigenvalue weighted by Gasteiger charge is -2.07. The van der Waals surface area contributed by atoms with Gasteiger partial charge in [-0.25, -0.2) is 4.98 Å². The first-order valence-corrected chi connectivity index (χ1v) is 10.9. The van der Waals surface area contributed by atoms with Gasteiger partial charge in [-0.3, -0.25) is 9.59 Å². The third-order valence-electron chi connectivity index (χ3n) is 5.23. The van der Waals surface area contributed by atoms with E-state index in [1.54, 1.807) is 42.5 Å². The number of fused-ring (bicyclic) bond motifs is 1. The summed E-state index contributed by atoms with van der Waals surface area (Å²) >= 11 is 5.89. The first-order chi connectivity index (χ1) is 16.4. The lowest BCUT2D eigenvalue weighted by Crippen LogP contribution is -2.25. The summed E-state index contributed by atoms with van der Waals surface area (Å²) in [4.78, 5) is 32.2. The summed E-state index contributed by atoms with van der Waals surface area (Å²) in [6.45, 7) is 0.459. The molecule has 34 heavy (non-hydrogen) atoms. The molecule has 4 rings (SSSR count). The Morgan fingerprint density at radius 2 is 1.91 bits per heavy atom. The summed E-state index contributed by atoms with van der Waals surface area (Å²) in [7, 11) is 1.53. The predicted octanol–water partition coefficient (Wildman–Crippen LogP) is 4.61. The van der Waals surface area contributed by atoms with Crippen LogP contribution in [0.15, 0.2) is 71.5 Å². The van der Waals surface area contributed by atoms with Gasteiger partial charge in [0.05, 0.1) is 18.1 Å². The van der Waals surface area contributed by atoms with E-state index in [9.17, 15) is 14.7 Å². The van der Waals surface area contributed by atoms with E-state index in [-0.39, 0.29) is 17.4 Å². The number of amides is 1. The average molecular weight is 476 g/mol. The number of hydrogen-bond donors (Lipinski definition) is 3. The number of nitrogens with zero attached hydrogens (tertiary/aromatic N) is 1.